The van der Waals surface area contributed by atoms with E-state index >= 15 is 0 Å². The summed E-state index contributed by atoms with van der Waals surface area (Å²) in [6, 6.07) is 9.98. The summed E-state index contributed by atoms with van der Waals surface area (Å²) in [5, 5.41) is 20.0. The Morgan fingerprint density at radius 2 is 2.09 bits per heavy atom. The van der Waals surface area contributed by atoms with Crippen molar-refractivity contribution in [2.45, 2.75) is 25.2 Å². The van der Waals surface area contributed by atoms with Gasteiger partial charge in [0.2, 0.25) is 5.69 Å². The second-order valence-corrected chi connectivity index (χ2v) is 5.63. The van der Waals surface area contributed by atoms with Gasteiger partial charge in [0.1, 0.15) is 5.69 Å². The largest absolute Gasteiger partial charge is 0.350 e. The molecule has 0 atom stereocenters. The maximum atomic E-state index is 12.2. The van der Waals surface area contributed by atoms with Gasteiger partial charge in [0, 0.05) is 12.0 Å². The first-order valence-electron chi connectivity index (χ1n) is 7.06. The van der Waals surface area contributed by atoms with E-state index in [0.29, 0.717) is 6.54 Å². The minimum absolute atomic E-state index is 0.0446. The molecule has 0 unspecified atom stereocenters. The molecule has 1 aliphatic carbocycles. The van der Waals surface area contributed by atoms with Gasteiger partial charge in [0.05, 0.1) is 4.92 Å². The molecule has 0 bridgehead atoms. The van der Waals surface area contributed by atoms with Gasteiger partial charge in [-0.25, -0.2) is 0 Å². The lowest BCUT2D eigenvalue weighted by atomic mass is 9.96. The molecule has 1 aliphatic rings. The van der Waals surface area contributed by atoms with Gasteiger partial charge in [-0.2, -0.15) is 5.10 Å². The van der Waals surface area contributed by atoms with Gasteiger partial charge in [-0.1, -0.05) is 30.3 Å². The SMILES string of the molecule is Cc1[nH]nc(C(=O)NCC2(c3ccccc3)CC2)c1[N+](=O)[O-]. The first kappa shape index (κ1) is 14.2. The fourth-order valence-electron chi connectivity index (χ4n) is 2.65. The zero-order valence-corrected chi connectivity index (χ0v) is 12.1. The molecule has 22 heavy (non-hydrogen) atoms. The van der Waals surface area contributed by atoms with Crippen molar-refractivity contribution in [3.8, 4) is 0 Å². The number of nitrogens with zero attached hydrogens (tertiary/aromatic N) is 2. The molecule has 1 heterocycles. The fourth-order valence-corrected chi connectivity index (χ4v) is 2.65. The van der Waals surface area contributed by atoms with Crippen molar-refractivity contribution in [2.24, 2.45) is 0 Å². The van der Waals surface area contributed by atoms with Crippen LogP contribution in [0.15, 0.2) is 30.3 Å². The van der Waals surface area contributed by atoms with E-state index in [1.54, 1.807) is 0 Å². The second kappa shape index (κ2) is 5.25. The Bertz CT molecular complexity index is 720. The smallest absolute Gasteiger partial charge is 0.322 e. The molecule has 0 radical (unpaired) electrons. The quantitative estimate of drug-likeness (QED) is 0.652. The molecule has 2 N–H and O–H groups in total. The average molecular weight is 300 g/mol. The van der Waals surface area contributed by atoms with E-state index in [-0.39, 0.29) is 22.5 Å². The number of carbonyl (C=O) groups excluding carboxylic acids is 1. The molecule has 114 valence electrons. The lowest BCUT2D eigenvalue weighted by Gasteiger charge is -2.15. The molecule has 7 heteroatoms. The number of aryl methyl sites for hydroxylation is 1. The summed E-state index contributed by atoms with van der Waals surface area (Å²) in [4.78, 5) is 22.6. The van der Waals surface area contributed by atoms with E-state index < -0.39 is 10.8 Å². The number of H-pyrrole nitrogens is 1. The van der Waals surface area contributed by atoms with Crippen LogP contribution in [-0.2, 0) is 5.41 Å². The number of carbonyl (C=O) groups is 1. The van der Waals surface area contributed by atoms with E-state index in [2.05, 4.69) is 15.5 Å². The summed E-state index contributed by atoms with van der Waals surface area (Å²) < 4.78 is 0. The Labute approximate surface area is 126 Å². The fraction of sp³-hybridized carbons (Fsp3) is 0.333. The van der Waals surface area contributed by atoms with Crippen LogP contribution in [0.25, 0.3) is 0 Å². The van der Waals surface area contributed by atoms with E-state index in [1.165, 1.54) is 12.5 Å². The highest BCUT2D eigenvalue weighted by atomic mass is 16.6. The molecule has 7 nitrogen and oxygen atoms in total. The number of aromatic nitrogens is 2. The third-order valence-electron chi connectivity index (χ3n) is 4.14. The normalized spacial score (nSPS) is 15.3. The number of nitrogens with one attached hydrogen (secondary N) is 2. The van der Waals surface area contributed by atoms with Crippen molar-refractivity contribution < 1.29 is 9.72 Å². The summed E-state index contributed by atoms with van der Waals surface area (Å²) in [5.41, 5.74) is 0.993. The molecule has 0 saturated heterocycles. The van der Waals surface area contributed by atoms with Crippen LogP contribution in [0.3, 0.4) is 0 Å². The Balaban J connectivity index is 1.73. The summed E-state index contributed by atoms with van der Waals surface area (Å²) in [6.45, 7) is 1.98. The van der Waals surface area contributed by atoms with Gasteiger partial charge < -0.3 is 5.32 Å². The number of hydrogen-bond acceptors (Lipinski definition) is 4. The Morgan fingerprint density at radius 1 is 1.41 bits per heavy atom. The highest BCUT2D eigenvalue weighted by Gasteiger charge is 2.44. The lowest BCUT2D eigenvalue weighted by Crippen LogP contribution is -2.32. The molecule has 1 fully saturated rings. The lowest BCUT2D eigenvalue weighted by molar-refractivity contribution is -0.385. The number of rotatable bonds is 5. The van der Waals surface area contributed by atoms with Crippen LogP contribution < -0.4 is 5.32 Å². The minimum atomic E-state index is -0.585. The number of hydrogen-bond donors (Lipinski definition) is 2. The molecule has 0 aliphatic heterocycles. The topological polar surface area (TPSA) is 101 Å². The van der Waals surface area contributed by atoms with Crippen LogP contribution in [0.2, 0.25) is 0 Å². The van der Waals surface area contributed by atoms with Crippen LogP contribution in [0.5, 0.6) is 0 Å². The first-order valence-corrected chi connectivity index (χ1v) is 7.06. The van der Waals surface area contributed by atoms with Crippen molar-refractivity contribution in [3.63, 3.8) is 0 Å². The Kier molecular flexibility index (Phi) is 3.40. The van der Waals surface area contributed by atoms with Crippen LogP contribution in [0.1, 0.15) is 34.6 Å². The number of benzene rings is 1. The predicted octanol–water partition coefficient (Wildman–Crippen LogP) is 2.09. The average Bonchev–Trinajstić information content (AvgIpc) is 3.21. The number of amides is 1. The second-order valence-electron chi connectivity index (χ2n) is 5.63. The van der Waals surface area contributed by atoms with Crippen LogP contribution in [0, 0.1) is 17.0 Å². The first-order chi connectivity index (χ1) is 10.5. The molecular formula is C15H16N4O3. The minimum Gasteiger partial charge on any atom is -0.350 e. The van der Waals surface area contributed by atoms with Gasteiger partial charge in [0.15, 0.2) is 0 Å². The highest BCUT2D eigenvalue weighted by molar-refractivity contribution is 5.96. The molecule has 1 aromatic carbocycles. The molecular weight excluding hydrogens is 284 g/mol. The van der Waals surface area contributed by atoms with Gasteiger partial charge in [-0.05, 0) is 25.3 Å². The molecule has 2 aromatic rings. The number of aromatic amines is 1. The maximum Gasteiger partial charge on any atom is 0.322 e. The van der Waals surface area contributed by atoms with Crippen molar-refractivity contribution >= 4 is 11.6 Å². The van der Waals surface area contributed by atoms with Crippen molar-refractivity contribution in [2.75, 3.05) is 6.54 Å². The van der Waals surface area contributed by atoms with Gasteiger partial charge in [-0.15, -0.1) is 0 Å². The standard InChI is InChI=1S/C15H16N4O3/c1-10-13(19(21)22)12(18-17-10)14(20)16-9-15(7-8-15)11-5-3-2-4-6-11/h2-6H,7-9H2,1H3,(H,16,20)(H,17,18). The van der Waals surface area contributed by atoms with E-state index in [4.69, 9.17) is 0 Å². The zero-order chi connectivity index (χ0) is 15.7. The van der Waals surface area contributed by atoms with E-state index in [1.807, 2.05) is 30.3 Å². The third-order valence-corrected chi connectivity index (χ3v) is 4.14. The maximum absolute atomic E-state index is 12.2. The summed E-state index contributed by atoms with van der Waals surface area (Å²) >= 11 is 0. The molecule has 1 saturated carbocycles. The summed E-state index contributed by atoms with van der Waals surface area (Å²) in [5.74, 6) is -0.516. The Morgan fingerprint density at radius 3 is 2.68 bits per heavy atom. The van der Waals surface area contributed by atoms with Crippen LogP contribution in [0.4, 0.5) is 5.69 Å². The van der Waals surface area contributed by atoms with Gasteiger partial charge >= 0.3 is 5.69 Å². The third kappa shape index (κ3) is 2.45. The van der Waals surface area contributed by atoms with Crippen molar-refractivity contribution in [1.82, 2.24) is 15.5 Å². The van der Waals surface area contributed by atoms with Crippen molar-refractivity contribution in [3.05, 3.63) is 57.4 Å². The monoisotopic (exact) mass is 300 g/mol. The zero-order valence-electron chi connectivity index (χ0n) is 12.1. The number of nitro groups is 1. The molecule has 0 spiro atoms. The van der Waals surface area contributed by atoms with E-state index in [9.17, 15) is 14.9 Å². The van der Waals surface area contributed by atoms with Gasteiger partial charge in [-0.3, -0.25) is 20.0 Å². The molecule has 3 rings (SSSR count). The van der Waals surface area contributed by atoms with Crippen molar-refractivity contribution in [1.29, 1.82) is 0 Å². The molecule has 1 amide bonds. The molecule has 1 aromatic heterocycles. The Hall–Kier alpha value is -2.70. The summed E-state index contributed by atoms with van der Waals surface area (Å²) in [7, 11) is 0. The summed E-state index contributed by atoms with van der Waals surface area (Å²) in [6.07, 6.45) is 2.00. The van der Waals surface area contributed by atoms with Crippen LogP contribution >= 0.6 is 0 Å². The van der Waals surface area contributed by atoms with E-state index in [0.717, 1.165) is 12.8 Å². The highest BCUT2D eigenvalue weighted by Crippen LogP contribution is 2.47. The van der Waals surface area contributed by atoms with Crippen LogP contribution in [-0.4, -0.2) is 27.6 Å². The van der Waals surface area contributed by atoms with Gasteiger partial charge in [0.25, 0.3) is 5.91 Å². The predicted molar refractivity (Wildman–Crippen MR) is 79.7 cm³/mol.